The largest absolute Gasteiger partial charge is 0.387 e. The molecule has 1 N–H and O–H groups in total. The van der Waals surface area contributed by atoms with E-state index in [-0.39, 0.29) is 11.7 Å². The van der Waals surface area contributed by atoms with Crippen LogP contribution >= 0.6 is 11.6 Å². The van der Waals surface area contributed by atoms with E-state index < -0.39 is 6.10 Å². The lowest BCUT2D eigenvalue weighted by Crippen LogP contribution is -2.49. The number of amides is 1. The Hall–Kier alpha value is -1.89. The van der Waals surface area contributed by atoms with Crippen molar-refractivity contribution < 1.29 is 14.4 Å². The molecule has 128 valence electrons. The van der Waals surface area contributed by atoms with E-state index >= 15 is 0 Å². The summed E-state index contributed by atoms with van der Waals surface area (Å²) in [7, 11) is 0. The van der Waals surface area contributed by atoms with E-state index in [2.05, 4.69) is 10.1 Å². The van der Waals surface area contributed by atoms with Gasteiger partial charge in [0.2, 0.25) is 5.76 Å². The standard InChI is InChI=1S/C17H20ClN3O3/c1-12-9-16(24-19-12)17(23)21-7-5-20(6-8-21)11-15(22)13-3-2-4-14(18)10-13/h2-4,9-10,15,22H,5-8,11H2,1H3. The normalized spacial score (nSPS) is 17.0. The van der Waals surface area contributed by atoms with Crippen molar-refractivity contribution in [3.05, 3.63) is 52.4 Å². The molecule has 0 aliphatic carbocycles. The van der Waals surface area contributed by atoms with Crippen molar-refractivity contribution in [3.63, 3.8) is 0 Å². The van der Waals surface area contributed by atoms with E-state index in [1.807, 2.05) is 12.1 Å². The van der Waals surface area contributed by atoms with Crippen molar-refractivity contribution >= 4 is 17.5 Å². The molecule has 6 nitrogen and oxygen atoms in total. The number of rotatable bonds is 4. The van der Waals surface area contributed by atoms with E-state index in [1.165, 1.54) is 0 Å². The predicted octanol–water partition coefficient (Wildman–Crippen LogP) is 2.13. The Morgan fingerprint density at radius 2 is 2.08 bits per heavy atom. The lowest BCUT2D eigenvalue weighted by Gasteiger charge is -2.35. The fraction of sp³-hybridized carbons (Fsp3) is 0.412. The van der Waals surface area contributed by atoms with Crippen LogP contribution in [0.15, 0.2) is 34.9 Å². The third-order valence-corrected chi connectivity index (χ3v) is 4.40. The zero-order chi connectivity index (χ0) is 17.1. The Morgan fingerprint density at radius 1 is 1.33 bits per heavy atom. The number of aliphatic hydroxyl groups excluding tert-OH is 1. The van der Waals surface area contributed by atoms with Crippen molar-refractivity contribution in [2.75, 3.05) is 32.7 Å². The smallest absolute Gasteiger partial charge is 0.292 e. The highest BCUT2D eigenvalue weighted by atomic mass is 35.5. The summed E-state index contributed by atoms with van der Waals surface area (Å²) in [5.74, 6) is 0.144. The Labute approximate surface area is 145 Å². The van der Waals surface area contributed by atoms with Gasteiger partial charge < -0.3 is 14.5 Å². The van der Waals surface area contributed by atoms with Crippen LogP contribution in [0.25, 0.3) is 0 Å². The van der Waals surface area contributed by atoms with Crippen molar-refractivity contribution in [3.8, 4) is 0 Å². The van der Waals surface area contributed by atoms with Crippen LogP contribution in [-0.2, 0) is 0 Å². The third kappa shape index (κ3) is 3.95. The van der Waals surface area contributed by atoms with Gasteiger partial charge in [0.05, 0.1) is 11.8 Å². The molecule has 0 radical (unpaired) electrons. The quantitative estimate of drug-likeness (QED) is 0.915. The van der Waals surface area contributed by atoms with Crippen LogP contribution in [0.2, 0.25) is 5.02 Å². The molecule has 1 amide bonds. The van der Waals surface area contributed by atoms with Gasteiger partial charge in [0.1, 0.15) is 0 Å². The van der Waals surface area contributed by atoms with E-state index in [9.17, 15) is 9.90 Å². The third-order valence-electron chi connectivity index (χ3n) is 4.16. The topological polar surface area (TPSA) is 69.8 Å². The maximum atomic E-state index is 12.3. The monoisotopic (exact) mass is 349 g/mol. The van der Waals surface area contributed by atoms with Crippen LogP contribution in [0, 0.1) is 6.92 Å². The number of hydrogen-bond acceptors (Lipinski definition) is 5. The molecular formula is C17H20ClN3O3. The van der Waals surface area contributed by atoms with Gasteiger partial charge in [-0.2, -0.15) is 0 Å². The lowest BCUT2D eigenvalue weighted by molar-refractivity contribution is 0.0496. The zero-order valence-electron chi connectivity index (χ0n) is 13.5. The number of carbonyl (C=O) groups is 1. The van der Waals surface area contributed by atoms with Crippen LogP contribution < -0.4 is 0 Å². The number of hydrogen-bond donors (Lipinski definition) is 1. The Kier molecular flexibility index (Phi) is 5.18. The molecule has 1 unspecified atom stereocenters. The minimum Gasteiger partial charge on any atom is -0.387 e. The molecule has 1 aromatic heterocycles. The summed E-state index contributed by atoms with van der Waals surface area (Å²) in [5, 5.41) is 14.7. The molecule has 1 atom stereocenters. The molecule has 0 spiro atoms. The van der Waals surface area contributed by atoms with Crippen LogP contribution in [0.1, 0.15) is 27.9 Å². The summed E-state index contributed by atoms with van der Waals surface area (Å²) in [6.07, 6.45) is -0.595. The van der Waals surface area contributed by atoms with E-state index in [0.717, 1.165) is 5.56 Å². The lowest BCUT2D eigenvalue weighted by atomic mass is 10.1. The van der Waals surface area contributed by atoms with Crippen LogP contribution in [0.5, 0.6) is 0 Å². The second kappa shape index (κ2) is 7.34. The minimum atomic E-state index is -0.595. The Morgan fingerprint density at radius 3 is 2.71 bits per heavy atom. The summed E-state index contributed by atoms with van der Waals surface area (Å²) in [5.41, 5.74) is 1.50. The predicted molar refractivity (Wildman–Crippen MR) is 90.0 cm³/mol. The number of halogens is 1. The molecule has 3 rings (SSSR count). The van der Waals surface area contributed by atoms with Gasteiger partial charge in [-0.15, -0.1) is 0 Å². The molecule has 0 bridgehead atoms. The molecule has 1 aromatic carbocycles. The SMILES string of the molecule is Cc1cc(C(=O)N2CCN(CC(O)c3cccc(Cl)c3)CC2)on1. The molecule has 7 heteroatoms. The van der Waals surface area contributed by atoms with Crippen molar-refractivity contribution in [1.29, 1.82) is 0 Å². The van der Waals surface area contributed by atoms with Gasteiger partial charge in [-0.3, -0.25) is 9.69 Å². The number of carbonyl (C=O) groups excluding carboxylic acids is 1. The average molecular weight is 350 g/mol. The van der Waals surface area contributed by atoms with E-state index in [0.29, 0.717) is 43.4 Å². The van der Waals surface area contributed by atoms with E-state index in [1.54, 1.807) is 30.0 Å². The number of aryl methyl sites for hydroxylation is 1. The van der Waals surface area contributed by atoms with Gasteiger partial charge >= 0.3 is 0 Å². The maximum absolute atomic E-state index is 12.3. The molecule has 2 aromatic rings. The summed E-state index contributed by atoms with van der Waals surface area (Å²) in [6.45, 7) is 4.91. The van der Waals surface area contributed by atoms with Gasteiger partial charge in [0, 0.05) is 43.8 Å². The first-order valence-electron chi connectivity index (χ1n) is 7.91. The van der Waals surface area contributed by atoms with Gasteiger partial charge in [-0.1, -0.05) is 28.9 Å². The molecule has 1 saturated heterocycles. The minimum absolute atomic E-state index is 0.134. The molecule has 1 fully saturated rings. The van der Waals surface area contributed by atoms with Crippen molar-refractivity contribution in [1.82, 2.24) is 15.0 Å². The van der Waals surface area contributed by atoms with Gasteiger partial charge in [0.25, 0.3) is 5.91 Å². The summed E-state index contributed by atoms with van der Waals surface area (Å²) in [4.78, 5) is 16.2. The first kappa shape index (κ1) is 17.0. The highest BCUT2D eigenvalue weighted by Crippen LogP contribution is 2.19. The highest BCUT2D eigenvalue weighted by molar-refractivity contribution is 6.30. The van der Waals surface area contributed by atoms with E-state index in [4.69, 9.17) is 16.1 Å². The fourth-order valence-electron chi connectivity index (χ4n) is 2.82. The highest BCUT2D eigenvalue weighted by Gasteiger charge is 2.25. The van der Waals surface area contributed by atoms with Gasteiger partial charge in [-0.25, -0.2) is 0 Å². The fourth-order valence-corrected chi connectivity index (χ4v) is 3.02. The van der Waals surface area contributed by atoms with Crippen molar-refractivity contribution in [2.24, 2.45) is 0 Å². The summed E-state index contributed by atoms with van der Waals surface area (Å²) < 4.78 is 5.03. The molecule has 24 heavy (non-hydrogen) atoms. The second-order valence-electron chi connectivity index (χ2n) is 6.00. The molecule has 1 aliphatic heterocycles. The summed E-state index contributed by atoms with van der Waals surface area (Å²) >= 11 is 5.96. The van der Waals surface area contributed by atoms with Crippen molar-refractivity contribution in [2.45, 2.75) is 13.0 Å². The molecular weight excluding hydrogens is 330 g/mol. The first-order valence-corrected chi connectivity index (χ1v) is 8.29. The Bertz CT molecular complexity index is 711. The maximum Gasteiger partial charge on any atom is 0.292 e. The molecule has 2 heterocycles. The Balaban J connectivity index is 1.52. The number of piperazine rings is 1. The number of nitrogens with zero attached hydrogens (tertiary/aromatic N) is 3. The number of aromatic nitrogens is 1. The first-order chi connectivity index (χ1) is 11.5. The van der Waals surface area contributed by atoms with Gasteiger partial charge in [-0.05, 0) is 24.6 Å². The number of aliphatic hydroxyl groups is 1. The average Bonchev–Trinajstić information content (AvgIpc) is 3.01. The van der Waals surface area contributed by atoms with Gasteiger partial charge in [0.15, 0.2) is 0 Å². The molecule has 0 saturated carbocycles. The number of β-amino-alcohol motifs (C(OH)–C–C–N with tert-alkyl or cyclic N) is 1. The summed E-state index contributed by atoms with van der Waals surface area (Å²) in [6, 6.07) is 8.91. The number of benzene rings is 1. The second-order valence-corrected chi connectivity index (χ2v) is 6.43. The molecule has 1 aliphatic rings. The van der Waals surface area contributed by atoms with Crippen LogP contribution in [-0.4, -0.2) is 58.7 Å². The van der Waals surface area contributed by atoms with Crippen LogP contribution in [0.3, 0.4) is 0 Å². The zero-order valence-corrected chi connectivity index (χ0v) is 14.2. The van der Waals surface area contributed by atoms with Crippen LogP contribution in [0.4, 0.5) is 0 Å².